The molecule has 1 aliphatic rings. The Hall–Kier alpha value is -1.09. The third kappa shape index (κ3) is 2.16. The van der Waals surface area contributed by atoms with Gasteiger partial charge in [-0.05, 0) is 6.07 Å². The van der Waals surface area contributed by atoms with E-state index in [1.54, 1.807) is 14.2 Å². The number of methoxy groups -OCH3 is 2. The molecule has 0 aliphatic heterocycles. The highest BCUT2D eigenvalue weighted by Gasteiger charge is 2.36. The first-order valence-corrected chi connectivity index (χ1v) is 5.84. The fourth-order valence-electron chi connectivity index (χ4n) is 2.07. The summed E-state index contributed by atoms with van der Waals surface area (Å²) in [6.07, 6.45) is 6.68. The minimum absolute atomic E-state index is 0.678. The Morgan fingerprint density at radius 3 is 2.53 bits per heavy atom. The fourth-order valence-corrected chi connectivity index (χ4v) is 2.31. The molecule has 0 saturated heterocycles. The molecule has 0 saturated carbocycles. The number of benzene rings is 1. The van der Waals surface area contributed by atoms with Crippen molar-refractivity contribution in [2.24, 2.45) is 0 Å². The quantitative estimate of drug-likeness (QED) is 0.762. The predicted octanol–water partition coefficient (Wildman–Crippen LogP) is 3.67. The molecular weight excluding hydrogens is 236 g/mol. The normalized spacial score (nSPS) is 17.9. The Kier molecular flexibility index (Phi) is 3.67. The van der Waals surface area contributed by atoms with Crippen LogP contribution in [-0.2, 0) is 9.47 Å². The van der Waals surface area contributed by atoms with Crippen molar-refractivity contribution in [2.45, 2.75) is 12.2 Å². The van der Waals surface area contributed by atoms with E-state index in [0.717, 1.165) is 11.1 Å². The van der Waals surface area contributed by atoms with Crippen LogP contribution in [0.1, 0.15) is 12.0 Å². The van der Waals surface area contributed by atoms with E-state index in [2.05, 4.69) is 0 Å². The average Bonchev–Trinajstić information content (AvgIpc) is 2.39. The second-order valence-electron chi connectivity index (χ2n) is 3.85. The van der Waals surface area contributed by atoms with Crippen molar-refractivity contribution >= 4 is 17.2 Å². The van der Waals surface area contributed by atoms with Crippen LogP contribution in [0.2, 0.25) is 5.02 Å². The van der Waals surface area contributed by atoms with Crippen LogP contribution < -0.4 is 0 Å². The molecule has 0 N–H and O–H groups in total. The molecule has 1 aliphatic carbocycles. The first-order valence-electron chi connectivity index (χ1n) is 5.46. The van der Waals surface area contributed by atoms with Crippen molar-refractivity contribution in [1.29, 1.82) is 0 Å². The van der Waals surface area contributed by atoms with Gasteiger partial charge >= 0.3 is 0 Å². The molecule has 0 spiro atoms. The lowest BCUT2D eigenvalue weighted by atomic mass is 9.91. The SMILES string of the molecule is COC1(OC)CC=CC=C1c1ccccc1Cl. The molecule has 0 radical (unpaired) electrons. The Balaban J connectivity index is 2.52. The smallest absolute Gasteiger partial charge is 0.198 e. The van der Waals surface area contributed by atoms with Crippen LogP contribution in [0.4, 0.5) is 0 Å². The molecule has 0 atom stereocenters. The minimum Gasteiger partial charge on any atom is -0.349 e. The van der Waals surface area contributed by atoms with Gasteiger partial charge in [0.2, 0.25) is 0 Å². The number of ether oxygens (including phenoxy) is 2. The first-order chi connectivity index (χ1) is 8.23. The Morgan fingerprint density at radius 1 is 1.18 bits per heavy atom. The van der Waals surface area contributed by atoms with Gasteiger partial charge in [0.25, 0.3) is 0 Å². The third-order valence-corrected chi connectivity index (χ3v) is 3.35. The second kappa shape index (κ2) is 5.05. The molecule has 0 bridgehead atoms. The number of hydrogen-bond donors (Lipinski definition) is 0. The largest absolute Gasteiger partial charge is 0.349 e. The van der Waals surface area contributed by atoms with E-state index in [9.17, 15) is 0 Å². The molecule has 0 aromatic heterocycles. The van der Waals surface area contributed by atoms with Crippen molar-refractivity contribution < 1.29 is 9.47 Å². The van der Waals surface area contributed by atoms with Gasteiger partial charge in [0.15, 0.2) is 5.79 Å². The zero-order valence-electron chi connectivity index (χ0n) is 9.94. The molecule has 0 amide bonds. The van der Waals surface area contributed by atoms with E-state index >= 15 is 0 Å². The maximum Gasteiger partial charge on any atom is 0.198 e. The van der Waals surface area contributed by atoms with Gasteiger partial charge in [0.1, 0.15) is 0 Å². The molecule has 90 valence electrons. The molecule has 0 unspecified atom stereocenters. The minimum atomic E-state index is -0.736. The maximum atomic E-state index is 6.22. The third-order valence-electron chi connectivity index (χ3n) is 3.02. The predicted molar refractivity (Wildman–Crippen MR) is 69.9 cm³/mol. The molecule has 2 rings (SSSR count). The summed E-state index contributed by atoms with van der Waals surface area (Å²) in [5.41, 5.74) is 1.90. The van der Waals surface area contributed by atoms with Crippen LogP contribution >= 0.6 is 11.6 Å². The molecule has 2 nitrogen and oxygen atoms in total. The summed E-state index contributed by atoms with van der Waals surface area (Å²) in [4.78, 5) is 0. The van der Waals surface area contributed by atoms with Gasteiger partial charge in [-0.3, -0.25) is 0 Å². The number of halogens is 1. The summed E-state index contributed by atoms with van der Waals surface area (Å²) in [6.45, 7) is 0. The van der Waals surface area contributed by atoms with Gasteiger partial charge in [-0.25, -0.2) is 0 Å². The van der Waals surface area contributed by atoms with Crippen molar-refractivity contribution in [1.82, 2.24) is 0 Å². The number of allylic oxidation sites excluding steroid dienone is 2. The number of rotatable bonds is 3. The molecule has 3 heteroatoms. The summed E-state index contributed by atoms with van der Waals surface area (Å²) in [6, 6.07) is 7.70. The van der Waals surface area contributed by atoms with E-state index in [1.165, 1.54) is 0 Å². The Morgan fingerprint density at radius 2 is 1.88 bits per heavy atom. The van der Waals surface area contributed by atoms with Gasteiger partial charge in [-0.2, -0.15) is 0 Å². The molecule has 17 heavy (non-hydrogen) atoms. The van der Waals surface area contributed by atoms with Gasteiger partial charge in [0, 0.05) is 36.8 Å². The summed E-state index contributed by atoms with van der Waals surface area (Å²) >= 11 is 6.22. The Bertz CT molecular complexity index is 459. The molecule has 1 aromatic rings. The number of hydrogen-bond acceptors (Lipinski definition) is 2. The standard InChI is InChI=1S/C14H15ClO2/c1-16-14(17-2)10-6-5-8-12(14)11-7-3-4-9-13(11)15/h3-9H,10H2,1-2H3. The van der Waals surface area contributed by atoms with Crippen molar-refractivity contribution in [3.05, 3.63) is 53.1 Å². The Labute approximate surface area is 106 Å². The monoisotopic (exact) mass is 250 g/mol. The van der Waals surface area contributed by atoms with Crippen molar-refractivity contribution in [3.63, 3.8) is 0 Å². The first kappa shape index (κ1) is 12.4. The lowest BCUT2D eigenvalue weighted by Crippen LogP contribution is -2.35. The summed E-state index contributed by atoms with van der Waals surface area (Å²) in [5, 5.41) is 0.701. The van der Waals surface area contributed by atoms with Gasteiger partial charge in [0.05, 0.1) is 0 Å². The van der Waals surface area contributed by atoms with E-state index in [4.69, 9.17) is 21.1 Å². The van der Waals surface area contributed by atoms with E-state index < -0.39 is 5.79 Å². The van der Waals surface area contributed by atoms with Crippen molar-refractivity contribution in [2.75, 3.05) is 14.2 Å². The van der Waals surface area contributed by atoms with Gasteiger partial charge in [-0.15, -0.1) is 0 Å². The van der Waals surface area contributed by atoms with Crippen molar-refractivity contribution in [3.8, 4) is 0 Å². The van der Waals surface area contributed by atoms with E-state index in [0.29, 0.717) is 11.4 Å². The lowest BCUT2D eigenvalue weighted by Gasteiger charge is -2.34. The lowest BCUT2D eigenvalue weighted by molar-refractivity contribution is -0.159. The molecule has 0 heterocycles. The highest BCUT2D eigenvalue weighted by molar-refractivity contribution is 6.32. The van der Waals surface area contributed by atoms with Gasteiger partial charge < -0.3 is 9.47 Å². The van der Waals surface area contributed by atoms with Crippen LogP contribution in [0.5, 0.6) is 0 Å². The summed E-state index contributed by atoms with van der Waals surface area (Å²) in [7, 11) is 3.29. The fraction of sp³-hybridized carbons (Fsp3) is 0.286. The zero-order chi connectivity index (χ0) is 12.3. The molecule has 1 aromatic carbocycles. The van der Waals surface area contributed by atoms with Crippen LogP contribution in [0, 0.1) is 0 Å². The summed E-state index contributed by atoms with van der Waals surface area (Å²) in [5.74, 6) is -0.736. The average molecular weight is 251 g/mol. The van der Waals surface area contributed by atoms with E-state index in [1.807, 2.05) is 42.5 Å². The molecular formula is C14H15ClO2. The van der Waals surface area contributed by atoms with Crippen LogP contribution in [0.15, 0.2) is 42.5 Å². The molecule has 0 fully saturated rings. The van der Waals surface area contributed by atoms with Crippen LogP contribution in [-0.4, -0.2) is 20.0 Å². The highest BCUT2D eigenvalue weighted by atomic mass is 35.5. The zero-order valence-corrected chi connectivity index (χ0v) is 10.7. The van der Waals surface area contributed by atoms with Crippen LogP contribution in [0.25, 0.3) is 5.57 Å². The highest BCUT2D eigenvalue weighted by Crippen LogP contribution is 2.39. The summed E-state index contributed by atoms with van der Waals surface area (Å²) < 4.78 is 11.1. The van der Waals surface area contributed by atoms with Crippen LogP contribution in [0.3, 0.4) is 0 Å². The van der Waals surface area contributed by atoms with E-state index in [-0.39, 0.29) is 0 Å². The van der Waals surface area contributed by atoms with Gasteiger partial charge in [-0.1, -0.05) is 48.0 Å². The maximum absolute atomic E-state index is 6.22. The second-order valence-corrected chi connectivity index (χ2v) is 4.26. The topological polar surface area (TPSA) is 18.5 Å².